The molecule has 2 heterocycles. The Hall–Kier alpha value is -2.45. The number of aromatic nitrogens is 2. The van der Waals surface area contributed by atoms with Crippen molar-refractivity contribution in [2.75, 3.05) is 5.32 Å². The van der Waals surface area contributed by atoms with E-state index in [0.29, 0.717) is 21.7 Å². The summed E-state index contributed by atoms with van der Waals surface area (Å²) >= 11 is 7.73. The molecular formula is C20H20ClN5O2S. The van der Waals surface area contributed by atoms with E-state index in [0.717, 1.165) is 24.0 Å². The Morgan fingerprint density at radius 2 is 2.14 bits per heavy atom. The van der Waals surface area contributed by atoms with Crippen LogP contribution in [0.5, 0.6) is 0 Å². The van der Waals surface area contributed by atoms with Crippen molar-refractivity contribution in [1.29, 1.82) is 0 Å². The number of hydrogen-bond acceptors (Lipinski definition) is 6. The maximum atomic E-state index is 13.0. The minimum absolute atomic E-state index is 0.0446. The number of rotatable bonds is 5. The topological polar surface area (TPSA) is 87.5 Å². The number of benzene rings is 1. The van der Waals surface area contributed by atoms with Gasteiger partial charge in [-0.2, -0.15) is 0 Å². The second-order valence-electron chi connectivity index (χ2n) is 7.20. The molecule has 1 saturated heterocycles. The number of amides is 2. The Kier molecular flexibility index (Phi) is 5.56. The van der Waals surface area contributed by atoms with E-state index in [-0.39, 0.29) is 24.3 Å². The van der Waals surface area contributed by atoms with Gasteiger partial charge in [0.05, 0.1) is 16.9 Å². The van der Waals surface area contributed by atoms with Crippen LogP contribution in [0.2, 0.25) is 5.02 Å². The molecular weight excluding hydrogens is 410 g/mol. The summed E-state index contributed by atoms with van der Waals surface area (Å²) in [5.41, 5.74) is 2.68. The molecule has 1 saturated carbocycles. The van der Waals surface area contributed by atoms with Gasteiger partial charge in [0.15, 0.2) is 11.0 Å². The van der Waals surface area contributed by atoms with Gasteiger partial charge in [0.1, 0.15) is 5.25 Å². The van der Waals surface area contributed by atoms with E-state index >= 15 is 0 Å². The number of carbonyl (C=O) groups excluding carboxylic acids is 2. The van der Waals surface area contributed by atoms with E-state index < -0.39 is 5.25 Å². The third-order valence-corrected chi connectivity index (χ3v) is 6.13. The van der Waals surface area contributed by atoms with E-state index in [1.165, 1.54) is 30.4 Å². The van der Waals surface area contributed by atoms with E-state index in [1.807, 2.05) is 26.0 Å². The lowest BCUT2D eigenvalue weighted by molar-refractivity contribution is -0.128. The van der Waals surface area contributed by atoms with Crippen LogP contribution in [0.3, 0.4) is 0 Å². The standard InChI is InChI=1S/C20H20ClN5O2S/c1-11-7-12(2)18(14(21)8-11)25-20-26(13-3-4-13)19(28)15(29-20)9-17(27)24-16-10-22-5-6-23-16/h5-8,10,13,15H,3-4,9H2,1-2H3,(H,23,24,27). The van der Waals surface area contributed by atoms with Crippen molar-refractivity contribution in [2.45, 2.75) is 44.4 Å². The summed E-state index contributed by atoms with van der Waals surface area (Å²) in [5, 5.41) is 3.33. The first kappa shape index (κ1) is 19.8. The second kappa shape index (κ2) is 8.12. The number of aryl methyl sites for hydroxylation is 2. The molecule has 1 aromatic heterocycles. The fourth-order valence-corrected chi connectivity index (χ4v) is 4.80. The van der Waals surface area contributed by atoms with Gasteiger partial charge in [-0.05, 0) is 43.9 Å². The van der Waals surface area contributed by atoms with Crippen LogP contribution in [0.4, 0.5) is 11.5 Å². The van der Waals surface area contributed by atoms with Crippen LogP contribution in [-0.4, -0.2) is 43.1 Å². The number of nitrogens with zero attached hydrogens (tertiary/aromatic N) is 4. The summed E-state index contributed by atoms with van der Waals surface area (Å²) in [7, 11) is 0. The van der Waals surface area contributed by atoms with E-state index in [4.69, 9.17) is 16.6 Å². The van der Waals surface area contributed by atoms with Gasteiger partial charge >= 0.3 is 0 Å². The van der Waals surface area contributed by atoms with Crippen LogP contribution in [0, 0.1) is 13.8 Å². The quantitative estimate of drug-likeness (QED) is 0.779. The number of thioether (sulfide) groups is 1. The van der Waals surface area contributed by atoms with Crippen LogP contribution in [0.25, 0.3) is 0 Å². The molecule has 4 rings (SSSR count). The Morgan fingerprint density at radius 1 is 1.34 bits per heavy atom. The predicted octanol–water partition coefficient (Wildman–Crippen LogP) is 3.87. The van der Waals surface area contributed by atoms with Crippen molar-refractivity contribution in [3.05, 3.63) is 46.9 Å². The van der Waals surface area contributed by atoms with Gasteiger partial charge in [0.25, 0.3) is 0 Å². The second-order valence-corrected chi connectivity index (χ2v) is 8.77. The zero-order valence-corrected chi connectivity index (χ0v) is 17.6. The molecule has 0 bridgehead atoms. The third-order valence-electron chi connectivity index (χ3n) is 4.69. The largest absolute Gasteiger partial charge is 0.309 e. The average molecular weight is 430 g/mol. The average Bonchev–Trinajstić information content (AvgIpc) is 3.45. The van der Waals surface area contributed by atoms with Gasteiger partial charge in [0, 0.05) is 24.9 Å². The fourth-order valence-electron chi connectivity index (χ4n) is 3.23. The zero-order chi connectivity index (χ0) is 20.5. The lowest BCUT2D eigenvalue weighted by Crippen LogP contribution is -2.35. The van der Waals surface area contributed by atoms with Crippen molar-refractivity contribution < 1.29 is 9.59 Å². The SMILES string of the molecule is Cc1cc(C)c(N=C2SC(CC(=O)Nc3cnccn3)C(=O)N2C2CC2)c(Cl)c1. The molecule has 7 nitrogen and oxygen atoms in total. The maximum Gasteiger partial charge on any atom is 0.242 e. The highest BCUT2D eigenvalue weighted by atomic mass is 35.5. The highest BCUT2D eigenvalue weighted by molar-refractivity contribution is 8.15. The smallest absolute Gasteiger partial charge is 0.242 e. The Morgan fingerprint density at radius 3 is 2.79 bits per heavy atom. The van der Waals surface area contributed by atoms with Crippen molar-refractivity contribution in [2.24, 2.45) is 4.99 Å². The van der Waals surface area contributed by atoms with Crippen LogP contribution < -0.4 is 5.32 Å². The van der Waals surface area contributed by atoms with Crippen molar-refractivity contribution >= 4 is 51.9 Å². The molecule has 1 aliphatic carbocycles. The molecule has 1 aromatic carbocycles. The predicted molar refractivity (Wildman–Crippen MR) is 115 cm³/mol. The van der Waals surface area contributed by atoms with Gasteiger partial charge in [-0.3, -0.25) is 19.5 Å². The van der Waals surface area contributed by atoms with Gasteiger partial charge in [-0.15, -0.1) is 0 Å². The van der Waals surface area contributed by atoms with Gasteiger partial charge < -0.3 is 5.32 Å². The number of nitrogens with one attached hydrogen (secondary N) is 1. The van der Waals surface area contributed by atoms with Crippen LogP contribution in [0.15, 0.2) is 35.7 Å². The van der Waals surface area contributed by atoms with Crippen molar-refractivity contribution in [1.82, 2.24) is 14.9 Å². The molecule has 9 heteroatoms. The molecule has 0 radical (unpaired) electrons. The van der Waals surface area contributed by atoms with Gasteiger partial charge in [-0.25, -0.2) is 9.98 Å². The number of amidine groups is 1. The van der Waals surface area contributed by atoms with Crippen molar-refractivity contribution in [3.63, 3.8) is 0 Å². The number of halogens is 1. The first-order chi connectivity index (χ1) is 13.9. The first-order valence-corrected chi connectivity index (χ1v) is 10.6. The Bertz CT molecular complexity index is 971. The van der Waals surface area contributed by atoms with Crippen molar-refractivity contribution in [3.8, 4) is 0 Å². The monoisotopic (exact) mass is 429 g/mol. The minimum atomic E-state index is -0.518. The zero-order valence-electron chi connectivity index (χ0n) is 16.1. The number of anilines is 1. The van der Waals surface area contributed by atoms with Gasteiger partial charge in [-0.1, -0.05) is 29.4 Å². The van der Waals surface area contributed by atoms with Gasteiger partial charge in [0.2, 0.25) is 11.8 Å². The molecule has 150 valence electrons. The molecule has 1 aliphatic heterocycles. The first-order valence-electron chi connectivity index (χ1n) is 9.33. The molecule has 1 unspecified atom stereocenters. The molecule has 0 spiro atoms. The Labute approximate surface area is 178 Å². The molecule has 1 atom stereocenters. The third kappa shape index (κ3) is 4.43. The lowest BCUT2D eigenvalue weighted by Gasteiger charge is -2.16. The van der Waals surface area contributed by atoms with Crippen LogP contribution in [-0.2, 0) is 9.59 Å². The van der Waals surface area contributed by atoms with Crippen LogP contribution in [0.1, 0.15) is 30.4 Å². The number of hydrogen-bond donors (Lipinski definition) is 1. The minimum Gasteiger partial charge on any atom is -0.309 e. The number of aliphatic imine (C=N–C) groups is 1. The molecule has 2 fully saturated rings. The van der Waals surface area contributed by atoms with E-state index in [1.54, 1.807) is 4.90 Å². The maximum absolute atomic E-state index is 13.0. The Balaban J connectivity index is 1.55. The molecule has 2 amide bonds. The summed E-state index contributed by atoms with van der Waals surface area (Å²) in [6.45, 7) is 3.93. The summed E-state index contributed by atoms with van der Waals surface area (Å²) in [6, 6.07) is 4.04. The highest BCUT2D eigenvalue weighted by Gasteiger charge is 2.46. The van der Waals surface area contributed by atoms with E-state index in [2.05, 4.69) is 15.3 Å². The van der Waals surface area contributed by atoms with E-state index in [9.17, 15) is 9.59 Å². The summed E-state index contributed by atoms with van der Waals surface area (Å²) in [4.78, 5) is 39.8. The molecule has 1 N–H and O–H groups in total. The summed E-state index contributed by atoms with van der Waals surface area (Å²) in [5.74, 6) is 0.00674. The normalized spacial score (nSPS) is 20.4. The summed E-state index contributed by atoms with van der Waals surface area (Å²) in [6.07, 6.45) is 6.43. The summed E-state index contributed by atoms with van der Waals surface area (Å²) < 4.78 is 0. The fraction of sp³-hybridized carbons (Fsp3) is 0.350. The van der Waals surface area contributed by atoms with Crippen LogP contribution >= 0.6 is 23.4 Å². The highest BCUT2D eigenvalue weighted by Crippen LogP contribution is 2.41. The molecule has 2 aromatic rings. The number of carbonyl (C=O) groups is 2. The molecule has 29 heavy (non-hydrogen) atoms. The molecule has 2 aliphatic rings. The lowest BCUT2D eigenvalue weighted by atomic mass is 10.1.